The molecule has 4 rings (SSSR count). The van der Waals surface area contributed by atoms with E-state index in [1.807, 2.05) is 18.2 Å². The zero-order valence-electron chi connectivity index (χ0n) is 10.1. The molecule has 0 bridgehead atoms. The summed E-state index contributed by atoms with van der Waals surface area (Å²) >= 11 is 0.944. The number of rotatable bonds is 2. The first-order chi connectivity index (χ1) is 9.72. The van der Waals surface area contributed by atoms with Crippen LogP contribution in [0.5, 0.6) is 17.2 Å². The van der Waals surface area contributed by atoms with Crippen LogP contribution in [-0.4, -0.2) is 11.8 Å². The van der Waals surface area contributed by atoms with Gasteiger partial charge < -0.3 is 14.2 Å². The van der Waals surface area contributed by atoms with Gasteiger partial charge in [0.05, 0.1) is 4.90 Å². The molecule has 0 N–H and O–H groups in total. The van der Waals surface area contributed by atoms with Gasteiger partial charge in [-0.3, -0.25) is 0 Å². The SMILES string of the molecule is [O]C1(OC2Oc3ccccc3O2)Oc2ccccc2S1. The normalized spacial score (nSPS) is 23.4. The Hall–Kier alpha value is -1.89. The first-order valence-electron chi connectivity index (χ1n) is 5.99. The third kappa shape index (κ3) is 1.98. The van der Waals surface area contributed by atoms with Crippen LogP contribution in [0.3, 0.4) is 0 Å². The second-order valence-corrected chi connectivity index (χ2v) is 5.38. The molecule has 0 spiro atoms. The molecule has 0 amide bonds. The molecule has 20 heavy (non-hydrogen) atoms. The Morgan fingerprint density at radius 2 is 1.55 bits per heavy atom. The van der Waals surface area contributed by atoms with E-state index in [9.17, 15) is 5.11 Å². The lowest BCUT2D eigenvalue weighted by atomic mass is 10.3. The van der Waals surface area contributed by atoms with Gasteiger partial charge in [-0.15, -0.1) is 5.11 Å². The van der Waals surface area contributed by atoms with Crippen molar-refractivity contribution in [3.8, 4) is 17.2 Å². The molecular weight excluding hydrogens is 280 g/mol. The van der Waals surface area contributed by atoms with Gasteiger partial charge in [-0.1, -0.05) is 24.3 Å². The molecule has 1 atom stereocenters. The summed E-state index contributed by atoms with van der Waals surface area (Å²) in [6.45, 7) is -1.10. The lowest BCUT2D eigenvalue weighted by Crippen LogP contribution is -2.38. The molecule has 2 aliphatic rings. The average molecular weight is 289 g/mol. The first-order valence-corrected chi connectivity index (χ1v) is 6.81. The molecule has 6 heteroatoms. The van der Waals surface area contributed by atoms with E-state index in [1.54, 1.807) is 30.3 Å². The third-order valence-electron chi connectivity index (χ3n) is 2.86. The molecule has 1 unspecified atom stereocenters. The fraction of sp³-hybridized carbons (Fsp3) is 0.143. The molecule has 5 nitrogen and oxygen atoms in total. The second kappa shape index (κ2) is 4.31. The topological polar surface area (TPSA) is 56.8 Å². The number of ether oxygens (including phenoxy) is 4. The van der Waals surface area contributed by atoms with Gasteiger partial charge in [0.25, 0.3) is 0 Å². The van der Waals surface area contributed by atoms with Crippen LogP contribution in [0, 0.1) is 0 Å². The second-order valence-electron chi connectivity index (χ2n) is 4.24. The lowest BCUT2D eigenvalue weighted by molar-refractivity contribution is -0.356. The molecule has 0 fully saturated rings. The molecule has 1 radical (unpaired) electrons. The average Bonchev–Trinajstić information content (AvgIpc) is 2.97. The summed E-state index contributed by atoms with van der Waals surface area (Å²) in [5.41, 5.74) is 0. The molecule has 0 saturated carbocycles. The number of fused-ring (bicyclic) bond motifs is 2. The number of thioether (sulfide) groups is 1. The molecule has 2 aromatic rings. The van der Waals surface area contributed by atoms with Gasteiger partial charge in [-0.2, -0.15) is 0 Å². The zero-order valence-corrected chi connectivity index (χ0v) is 11.0. The summed E-state index contributed by atoms with van der Waals surface area (Å²) in [7, 11) is 0. The van der Waals surface area contributed by atoms with E-state index in [0.717, 1.165) is 16.7 Å². The highest BCUT2D eigenvalue weighted by Crippen LogP contribution is 2.48. The van der Waals surface area contributed by atoms with Gasteiger partial charge >= 0.3 is 11.8 Å². The maximum absolute atomic E-state index is 12.4. The van der Waals surface area contributed by atoms with Crippen LogP contribution in [0.15, 0.2) is 53.4 Å². The number of para-hydroxylation sites is 3. The van der Waals surface area contributed by atoms with E-state index < -0.39 is 11.8 Å². The maximum atomic E-state index is 12.4. The van der Waals surface area contributed by atoms with Gasteiger partial charge in [0.1, 0.15) is 5.75 Å². The summed E-state index contributed by atoms with van der Waals surface area (Å²) in [6.07, 6.45) is 0. The van der Waals surface area contributed by atoms with E-state index in [2.05, 4.69) is 0 Å². The van der Waals surface area contributed by atoms with E-state index in [4.69, 9.17) is 18.9 Å². The third-order valence-corrected chi connectivity index (χ3v) is 3.84. The van der Waals surface area contributed by atoms with E-state index >= 15 is 0 Å². The minimum atomic E-state index is -2.10. The minimum Gasteiger partial charge on any atom is -0.428 e. The Balaban J connectivity index is 1.49. The van der Waals surface area contributed by atoms with Crippen molar-refractivity contribution < 1.29 is 24.1 Å². The van der Waals surface area contributed by atoms with Gasteiger partial charge in [-0.05, 0) is 36.0 Å². The van der Waals surface area contributed by atoms with Crippen molar-refractivity contribution in [2.75, 3.05) is 0 Å². The summed E-state index contributed by atoms with van der Waals surface area (Å²) < 4.78 is 21.3. The van der Waals surface area contributed by atoms with E-state index in [0.29, 0.717) is 17.2 Å². The highest BCUT2D eigenvalue weighted by Gasteiger charge is 2.47. The first kappa shape index (κ1) is 11.9. The monoisotopic (exact) mass is 289 g/mol. The van der Waals surface area contributed by atoms with Crippen LogP contribution >= 0.6 is 11.8 Å². The Kier molecular flexibility index (Phi) is 2.56. The predicted octanol–water partition coefficient (Wildman–Crippen LogP) is 2.98. The summed E-state index contributed by atoms with van der Waals surface area (Å²) in [4.78, 5) is 0.734. The van der Waals surface area contributed by atoms with E-state index in [-0.39, 0.29) is 0 Å². The zero-order chi connectivity index (χ0) is 13.6. The van der Waals surface area contributed by atoms with E-state index in [1.165, 1.54) is 0 Å². The lowest BCUT2D eigenvalue weighted by Gasteiger charge is -2.21. The van der Waals surface area contributed by atoms with Crippen LogP contribution < -0.4 is 14.2 Å². The minimum absolute atomic E-state index is 0.503. The molecule has 2 aromatic carbocycles. The molecule has 0 saturated heterocycles. The Bertz CT molecular complexity index is 610. The molecule has 0 aliphatic carbocycles. The van der Waals surface area contributed by atoms with Crippen LogP contribution in [0.1, 0.15) is 0 Å². The van der Waals surface area contributed by atoms with Gasteiger partial charge in [-0.25, -0.2) is 4.74 Å². The van der Waals surface area contributed by atoms with Crippen molar-refractivity contribution >= 4 is 11.8 Å². The molecule has 0 aromatic heterocycles. The maximum Gasteiger partial charge on any atom is 0.419 e. The van der Waals surface area contributed by atoms with Crippen molar-refractivity contribution in [2.24, 2.45) is 0 Å². The van der Waals surface area contributed by atoms with Crippen molar-refractivity contribution in [1.29, 1.82) is 0 Å². The molecule has 2 heterocycles. The van der Waals surface area contributed by atoms with Crippen molar-refractivity contribution in [3.05, 3.63) is 48.5 Å². The number of hydrogen-bond donors (Lipinski definition) is 0. The number of benzene rings is 2. The highest BCUT2D eigenvalue weighted by molar-refractivity contribution is 8.00. The van der Waals surface area contributed by atoms with Crippen LogP contribution in [0.2, 0.25) is 0 Å². The smallest absolute Gasteiger partial charge is 0.419 e. The number of hydrogen-bond acceptors (Lipinski definition) is 5. The summed E-state index contributed by atoms with van der Waals surface area (Å²) in [5.74, 6) is 1.59. The molecular formula is C14H9O5S. The molecule has 2 aliphatic heterocycles. The summed E-state index contributed by atoms with van der Waals surface area (Å²) in [6, 6.07) is 14.3. The molecule has 101 valence electrons. The van der Waals surface area contributed by atoms with Crippen molar-refractivity contribution in [1.82, 2.24) is 0 Å². The Morgan fingerprint density at radius 1 is 0.950 bits per heavy atom. The Labute approximate surface area is 119 Å². The van der Waals surface area contributed by atoms with Gasteiger partial charge in [0.15, 0.2) is 11.5 Å². The quantitative estimate of drug-likeness (QED) is 0.795. The van der Waals surface area contributed by atoms with Gasteiger partial charge in [0, 0.05) is 0 Å². The summed E-state index contributed by atoms with van der Waals surface area (Å²) in [5, 5.41) is 10.3. The Morgan fingerprint density at radius 3 is 2.20 bits per heavy atom. The van der Waals surface area contributed by atoms with Crippen molar-refractivity contribution in [3.63, 3.8) is 0 Å². The fourth-order valence-corrected chi connectivity index (χ4v) is 2.88. The van der Waals surface area contributed by atoms with Gasteiger partial charge in [0.2, 0.25) is 0 Å². The van der Waals surface area contributed by atoms with Crippen molar-refractivity contribution in [2.45, 2.75) is 16.7 Å². The van der Waals surface area contributed by atoms with Crippen LogP contribution in [0.25, 0.3) is 0 Å². The van der Waals surface area contributed by atoms with Crippen LogP contribution in [-0.2, 0) is 9.84 Å². The standard InChI is InChI=1S/C14H9O5S/c15-14(18-11-7-3-4-8-12(11)20-14)19-13-16-9-5-1-2-6-10(9)17-13/h1-8,13H. The fourth-order valence-electron chi connectivity index (χ4n) is 2.00. The van der Waals surface area contributed by atoms with Crippen LogP contribution in [0.4, 0.5) is 0 Å². The highest BCUT2D eigenvalue weighted by atomic mass is 32.2. The predicted molar refractivity (Wildman–Crippen MR) is 68.9 cm³/mol. The largest absolute Gasteiger partial charge is 0.428 e.